The first-order chi connectivity index (χ1) is 18.0. The Bertz CT molecular complexity index is 1430. The van der Waals surface area contributed by atoms with Crippen LogP contribution >= 0.6 is 11.3 Å². The van der Waals surface area contributed by atoms with E-state index in [1.807, 2.05) is 30.3 Å². The lowest BCUT2D eigenvalue weighted by Gasteiger charge is -2.12. The van der Waals surface area contributed by atoms with E-state index in [4.69, 9.17) is 19.3 Å². The van der Waals surface area contributed by atoms with Gasteiger partial charge in [0.15, 0.2) is 0 Å². The fourth-order valence-corrected chi connectivity index (χ4v) is 5.10. The minimum absolute atomic E-state index is 0.0221. The molecule has 5 nitrogen and oxygen atoms in total. The van der Waals surface area contributed by atoms with Crippen LogP contribution in [-0.2, 0) is 16.1 Å². The number of benzene rings is 3. The van der Waals surface area contributed by atoms with E-state index in [2.05, 4.69) is 54.5 Å². The lowest BCUT2D eigenvalue weighted by atomic mass is 9.96. The zero-order valence-corrected chi connectivity index (χ0v) is 22.1. The van der Waals surface area contributed by atoms with Gasteiger partial charge >= 0.3 is 5.97 Å². The Labute approximate surface area is 221 Å². The molecule has 1 aromatic heterocycles. The second-order valence-corrected chi connectivity index (χ2v) is 9.61. The number of methoxy groups -OCH3 is 1. The zero-order chi connectivity index (χ0) is 26.2. The molecular formula is C31H30O5S. The standard InChI is InChI=1S/C31H30O5S/c1-4-5-24(17-31(32)33)23-8-11-25(12-9-23)36-19-22-7-13-30-28(16-22)29(20-37-30)27-18-26(10-6-21(27)2)35-15-14-34-3/h6-13,16,18,20,24H,14-15,17,19H2,1-3H3,(H,32,33). The molecule has 6 heteroatoms. The molecule has 1 unspecified atom stereocenters. The third-order valence-electron chi connectivity index (χ3n) is 6.08. The number of thiophene rings is 1. The molecule has 37 heavy (non-hydrogen) atoms. The number of fused-ring (bicyclic) bond motifs is 1. The summed E-state index contributed by atoms with van der Waals surface area (Å²) in [7, 11) is 1.66. The quantitative estimate of drug-likeness (QED) is 0.171. The molecule has 0 aliphatic rings. The van der Waals surface area contributed by atoms with Crippen molar-refractivity contribution in [1.82, 2.24) is 0 Å². The van der Waals surface area contributed by atoms with E-state index >= 15 is 0 Å². The van der Waals surface area contributed by atoms with Crippen LogP contribution in [0.25, 0.3) is 21.2 Å². The molecule has 0 spiro atoms. The number of aliphatic carboxylic acids is 1. The fraction of sp³-hybridized carbons (Fsp3) is 0.258. The number of carboxylic acid groups (broad SMARTS) is 1. The normalized spacial score (nSPS) is 11.5. The van der Waals surface area contributed by atoms with Crippen LogP contribution in [0.1, 0.15) is 36.0 Å². The average molecular weight is 515 g/mol. The average Bonchev–Trinajstić information content (AvgIpc) is 3.31. The van der Waals surface area contributed by atoms with Crippen molar-refractivity contribution in [2.45, 2.75) is 32.8 Å². The highest BCUT2D eigenvalue weighted by molar-refractivity contribution is 7.17. The summed E-state index contributed by atoms with van der Waals surface area (Å²) in [6.45, 7) is 5.32. The monoisotopic (exact) mass is 514 g/mol. The van der Waals surface area contributed by atoms with Crippen LogP contribution < -0.4 is 9.47 Å². The zero-order valence-electron chi connectivity index (χ0n) is 21.2. The van der Waals surface area contributed by atoms with Gasteiger partial charge < -0.3 is 19.3 Å². The summed E-state index contributed by atoms with van der Waals surface area (Å²) in [5.74, 6) is 6.16. The fourth-order valence-electron chi connectivity index (χ4n) is 4.16. The molecule has 1 heterocycles. The Morgan fingerprint density at radius 3 is 2.49 bits per heavy atom. The van der Waals surface area contributed by atoms with Crippen LogP contribution in [0.15, 0.2) is 66.0 Å². The molecule has 1 atom stereocenters. The van der Waals surface area contributed by atoms with Crippen molar-refractivity contribution in [1.29, 1.82) is 0 Å². The van der Waals surface area contributed by atoms with Crippen LogP contribution in [0.3, 0.4) is 0 Å². The van der Waals surface area contributed by atoms with E-state index in [1.54, 1.807) is 25.4 Å². The predicted molar refractivity (Wildman–Crippen MR) is 149 cm³/mol. The number of rotatable bonds is 11. The molecule has 3 aromatic carbocycles. The van der Waals surface area contributed by atoms with Gasteiger partial charge in [-0.1, -0.05) is 30.2 Å². The number of hydrogen-bond donors (Lipinski definition) is 1. The Kier molecular flexibility index (Phi) is 8.84. The van der Waals surface area contributed by atoms with Crippen molar-refractivity contribution in [3.05, 3.63) is 82.7 Å². The number of carbonyl (C=O) groups is 1. The van der Waals surface area contributed by atoms with Gasteiger partial charge in [-0.15, -0.1) is 17.3 Å². The highest BCUT2D eigenvalue weighted by Crippen LogP contribution is 2.38. The smallest absolute Gasteiger partial charge is 0.304 e. The van der Waals surface area contributed by atoms with Gasteiger partial charge in [0.2, 0.25) is 0 Å². The van der Waals surface area contributed by atoms with Gasteiger partial charge in [-0.25, -0.2) is 0 Å². The molecule has 0 bridgehead atoms. The van der Waals surface area contributed by atoms with E-state index in [0.717, 1.165) is 28.2 Å². The first-order valence-corrected chi connectivity index (χ1v) is 13.0. The van der Waals surface area contributed by atoms with Crippen LogP contribution in [0.2, 0.25) is 0 Å². The first-order valence-electron chi connectivity index (χ1n) is 12.1. The molecule has 0 fully saturated rings. The van der Waals surface area contributed by atoms with Crippen LogP contribution in [0.5, 0.6) is 11.5 Å². The molecule has 1 N–H and O–H groups in total. The summed E-state index contributed by atoms with van der Waals surface area (Å²) in [4.78, 5) is 11.2. The molecule has 0 aliphatic heterocycles. The molecule has 0 saturated heterocycles. The molecule has 0 amide bonds. The summed E-state index contributed by atoms with van der Waals surface area (Å²) < 4.78 is 18.2. The van der Waals surface area contributed by atoms with Gasteiger partial charge in [0, 0.05) is 22.8 Å². The highest BCUT2D eigenvalue weighted by Gasteiger charge is 2.14. The van der Waals surface area contributed by atoms with Gasteiger partial charge in [0.1, 0.15) is 24.7 Å². The van der Waals surface area contributed by atoms with Gasteiger partial charge in [-0.05, 0) is 77.9 Å². The van der Waals surface area contributed by atoms with Gasteiger partial charge in [0.05, 0.1) is 18.9 Å². The van der Waals surface area contributed by atoms with Crippen LogP contribution in [0.4, 0.5) is 0 Å². The minimum atomic E-state index is -0.864. The summed E-state index contributed by atoms with van der Waals surface area (Å²) in [5.41, 5.74) is 5.47. The maximum absolute atomic E-state index is 11.2. The second kappa shape index (κ2) is 12.4. The van der Waals surface area contributed by atoms with E-state index in [-0.39, 0.29) is 12.3 Å². The van der Waals surface area contributed by atoms with E-state index in [0.29, 0.717) is 19.8 Å². The SMILES string of the molecule is CC#CC(CC(=O)O)c1ccc(OCc2ccc3scc(-c4cc(OCCOC)ccc4C)c3c2)cc1. The molecule has 4 rings (SSSR count). The summed E-state index contributed by atoms with van der Waals surface area (Å²) >= 11 is 1.73. The second-order valence-electron chi connectivity index (χ2n) is 8.70. The third-order valence-corrected chi connectivity index (χ3v) is 7.04. The van der Waals surface area contributed by atoms with Crippen molar-refractivity contribution < 1.29 is 24.1 Å². The van der Waals surface area contributed by atoms with E-state index < -0.39 is 5.97 Å². The molecule has 4 aromatic rings. The maximum Gasteiger partial charge on any atom is 0.304 e. The minimum Gasteiger partial charge on any atom is -0.491 e. The van der Waals surface area contributed by atoms with Crippen LogP contribution in [0, 0.1) is 18.8 Å². The Balaban J connectivity index is 1.50. The van der Waals surface area contributed by atoms with E-state index in [1.165, 1.54) is 21.2 Å². The third kappa shape index (κ3) is 6.71. The number of ether oxygens (including phenoxy) is 3. The van der Waals surface area contributed by atoms with Crippen molar-refractivity contribution in [3.63, 3.8) is 0 Å². The summed E-state index contributed by atoms with van der Waals surface area (Å²) in [6.07, 6.45) is -0.0221. The lowest BCUT2D eigenvalue weighted by Crippen LogP contribution is -2.04. The van der Waals surface area contributed by atoms with Gasteiger partial charge in [0.25, 0.3) is 0 Å². The van der Waals surface area contributed by atoms with Gasteiger partial charge in [-0.2, -0.15) is 0 Å². The lowest BCUT2D eigenvalue weighted by molar-refractivity contribution is -0.137. The van der Waals surface area contributed by atoms with Crippen molar-refractivity contribution in [2.75, 3.05) is 20.3 Å². The van der Waals surface area contributed by atoms with Crippen molar-refractivity contribution in [2.24, 2.45) is 0 Å². The number of hydrogen-bond acceptors (Lipinski definition) is 5. The largest absolute Gasteiger partial charge is 0.491 e. The molecular weight excluding hydrogens is 484 g/mol. The van der Waals surface area contributed by atoms with Crippen molar-refractivity contribution >= 4 is 27.4 Å². The van der Waals surface area contributed by atoms with Crippen LogP contribution in [-0.4, -0.2) is 31.4 Å². The topological polar surface area (TPSA) is 65.0 Å². The maximum atomic E-state index is 11.2. The summed E-state index contributed by atoms with van der Waals surface area (Å²) in [6, 6.07) is 20.1. The first kappa shape index (κ1) is 26.3. The summed E-state index contributed by atoms with van der Waals surface area (Å²) in [5, 5.41) is 12.5. The van der Waals surface area contributed by atoms with Gasteiger partial charge in [-0.3, -0.25) is 4.79 Å². The highest BCUT2D eigenvalue weighted by atomic mass is 32.1. The molecule has 190 valence electrons. The van der Waals surface area contributed by atoms with E-state index in [9.17, 15) is 4.79 Å². The molecule has 0 aliphatic carbocycles. The Morgan fingerprint density at radius 1 is 0.973 bits per heavy atom. The predicted octanol–water partition coefficient (Wildman–Crippen LogP) is 7.06. The number of aryl methyl sites for hydroxylation is 1. The molecule has 0 saturated carbocycles. The molecule has 0 radical (unpaired) electrons. The number of carboxylic acids is 1. The van der Waals surface area contributed by atoms with Crippen molar-refractivity contribution in [3.8, 4) is 34.5 Å². The Morgan fingerprint density at radius 2 is 1.76 bits per heavy atom. The Hall–Kier alpha value is -3.79.